The zero-order valence-corrected chi connectivity index (χ0v) is 16.2. The molecule has 2 heterocycles. The summed E-state index contributed by atoms with van der Waals surface area (Å²) in [6.07, 6.45) is 5.05. The number of anilines is 1. The minimum absolute atomic E-state index is 0.0777. The Morgan fingerprint density at radius 3 is 2.14 bits per heavy atom. The fraction of sp³-hybridized carbons (Fsp3) is 0.273. The van der Waals surface area contributed by atoms with Crippen LogP contribution in [0.2, 0.25) is 5.02 Å². The topological polar surface area (TPSA) is 69.2 Å². The Bertz CT molecular complexity index is 956. The zero-order chi connectivity index (χ0) is 19.5. The van der Waals surface area contributed by atoms with Crippen molar-refractivity contribution in [2.45, 2.75) is 25.7 Å². The van der Waals surface area contributed by atoms with Gasteiger partial charge in [-0.05, 0) is 49.2 Å². The standard InChI is InChI=1S/C22H22ClN3O2/c23-17-9-5-15(6-10-17)19-20(22(27)28)25-21(24-19)16-7-11-18(12-8-16)26-13-3-1-2-4-14-26/h5-12H,1-4,13-14H2,(H,24,25)(H,27,28). The third-order valence-corrected chi connectivity index (χ3v) is 5.40. The Morgan fingerprint density at radius 1 is 0.929 bits per heavy atom. The normalized spacial score (nSPS) is 14.7. The summed E-state index contributed by atoms with van der Waals surface area (Å²) >= 11 is 5.94. The Morgan fingerprint density at radius 2 is 1.54 bits per heavy atom. The second-order valence-electron chi connectivity index (χ2n) is 7.07. The molecule has 1 fully saturated rings. The Balaban J connectivity index is 1.64. The molecule has 2 aromatic carbocycles. The van der Waals surface area contributed by atoms with Crippen molar-refractivity contribution in [2.24, 2.45) is 0 Å². The molecule has 6 heteroatoms. The fourth-order valence-corrected chi connectivity index (χ4v) is 3.77. The van der Waals surface area contributed by atoms with Gasteiger partial charge >= 0.3 is 5.97 Å². The van der Waals surface area contributed by atoms with E-state index in [1.54, 1.807) is 24.3 Å². The maximum Gasteiger partial charge on any atom is 0.354 e. The van der Waals surface area contributed by atoms with Crippen LogP contribution in [-0.2, 0) is 0 Å². The number of rotatable bonds is 4. The van der Waals surface area contributed by atoms with Gasteiger partial charge in [0.2, 0.25) is 0 Å². The van der Waals surface area contributed by atoms with Crippen LogP contribution in [0.4, 0.5) is 5.69 Å². The minimum Gasteiger partial charge on any atom is -0.477 e. The van der Waals surface area contributed by atoms with Gasteiger partial charge in [-0.25, -0.2) is 9.78 Å². The van der Waals surface area contributed by atoms with Crippen LogP contribution in [0.25, 0.3) is 22.6 Å². The molecular formula is C22H22ClN3O2. The number of aromatic amines is 1. The van der Waals surface area contributed by atoms with Gasteiger partial charge in [0.15, 0.2) is 5.69 Å². The van der Waals surface area contributed by atoms with Gasteiger partial charge in [0, 0.05) is 34.9 Å². The highest BCUT2D eigenvalue weighted by Gasteiger charge is 2.19. The predicted molar refractivity (Wildman–Crippen MR) is 112 cm³/mol. The quantitative estimate of drug-likeness (QED) is 0.614. The fourth-order valence-electron chi connectivity index (χ4n) is 3.64. The summed E-state index contributed by atoms with van der Waals surface area (Å²) in [6.45, 7) is 2.17. The van der Waals surface area contributed by atoms with Crippen molar-refractivity contribution in [1.82, 2.24) is 9.97 Å². The molecule has 0 unspecified atom stereocenters. The summed E-state index contributed by atoms with van der Waals surface area (Å²) in [7, 11) is 0. The van der Waals surface area contributed by atoms with Crippen LogP contribution in [0.1, 0.15) is 36.2 Å². The summed E-state index contributed by atoms with van der Waals surface area (Å²) in [5.41, 5.74) is 3.27. The molecule has 1 aliphatic rings. The number of nitrogens with one attached hydrogen (secondary N) is 1. The molecule has 28 heavy (non-hydrogen) atoms. The highest BCUT2D eigenvalue weighted by molar-refractivity contribution is 6.30. The van der Waals surface area contributed by atoms with Crippen molar-refractivity contribution >= 4 is 23.3 Å². The number of carboxylic acids is 1. The summed E-state index contributed by atoms with van der Waals surface area (Å²) < 4.78 is 0. The molecule has 1 saturated heterocycles. The molecule has 3 aromatic rings. The van der Waals surface area contributed by atoms with E-state index in [4.69, 9.17) is 11.6 Å². The first-order valence-electron chi connectivity index (χ1n) is 9.56. The third-order valence-electron chi connectivity index (χ3n) is 5.15. The number of hydrogen-bond acceptors (Lipinski definition) is 3. The molecule has 0 saturated carbocycles. The number of halogens is 1. The number of H-pyrrole nitrogens is 1. The van der Waals surface area contributed by atoms with Crippen LogP contribution in [-0.4, -0.2) is 34.1 Å². The van der Waals surface area contributed by atoms with Crippen LogP contribution >= 0.6 is 11.6 Å². The molecule has 1 aromatic heterocycles. The number of carboxylic acid groups (broad SMARTS) is 1. The van der Waals surface area contributed by atoms with Gasteiger partial charge in [-0.3, -0.25) is 0 Å². The lowest BCUT2D eigenvalue weighted by Crippen LogP contribution is -2.23. The van der Waals surface area contributed by atoms with E-state index in [1.807, 2.05) is 12.1 Å². The highest BCUT2D eigenvalue weighted by atomic mass is 35.5. The SMILES string of the molecule is O=C(O)c1[nH]c(-c2ccc(N3CCCCCC3)cc2)nc1-c1ccc(Cl)cc1. The van der Waals surface area contributed by atoms with Crippen LogP contribution < -0.4 is 4.90 Å². The molecular weight excluding hydrogens is 374 g/mol. The largest absolute Gasteiger partial charge is 0.477 e. The third kappa shape index (κ3) is 3.90. The molecule has 144 valence electrons. The number of aromatic carboxylic acids is 1. The van der Waals surface area contributed by atoms with E-state index in [2.05, 4.69) is 27.0 Å². The molecule has 1 aliphatic heterocycles. The summed E-state index contributed by atoms with van der Waals surface area (Å²) in [4.78, 5) is 21.6. The van der Waals surface area contributed by atoms with Gasteiger partial charge in [-0.1, -0.05) is 36.6 Å². The van der Waals surface area contributed by atoms with Gasteiger partial charge < -0.3 is 15.0 Å². The van der Waals surface area contributed by atoms with Crippen molar-refractivity contribution in [1.29, 1.82) is 0 Å². The molecule has 0 atom stereocenters. The Hall–Kier alpha value is -2.79. The van der Waals surface area contributed by atoms with Crippen LogP contribution in [0.3, 0.4) is 0 Å². The molecule has 4 rings (SSSR count). The molecule has 0 aliphatic carbocycles. The van der Waals surface area contributed by atoms with E-state index in [1.165, 1.54) is 31.4 Å². The van der Waals surface area contributed by atoms with Crippen molar-refractivity contribution < 1.29 is 9.90 Å². The maximum atomic E-state index is 11.7. The predicted octanol–water partition coefficient (Wildman–Crippen LogP) is 5.48. The van der Waals surface area contributed by atoms with Gasteiger partial charge in [-0.15, -0.1) is 0 Å². The van der Waals surface area contributed by atoms with E-state index in [9.17, 15) is 9.90 Å². The lowest BCUT2D eigenvalue weighted by Gasteiger charge is -2.22. The van der Waals surface area contributed by atoms with E-state index >= 15 is 0 Å². The number of aromatic nitrogens is 2. The van der Waals surface area contributed by atoms with E-state index in [0.717, 1.165) is 18.7 Å². The summed E-state index contributed by atoms with van der Waals surface area (Å²) in [6, 6.07) is 15.2. The van der Waals surface area contributed by atoms with Crippen LogP contribution in [0.15, 0.2) is 48.5 Å². The summed E-state index contributed by atoms with van der Waals surface area (Å²) in [5.74, 6) is -0.491. The van der Waals surface area contributed by atoms with Gasteiger partial charge in [0.05, 0.1) is 0 Å². The van der Waals surface area contributed by atoms with E-state index in [-0.39, 0.29) is 5.69 Å². The Labute approximate surface area is 169 Å². The Kier molecular flexibility index (Phi) is 5.35. The van der Waals surface area contributed by atoms with E-state index in [0.29, 0.717) is 22.1 Å². The molecule has 0 bridgehead atoms. The average Bonchev–Trinajstić information content (AvgIpc) is 2.98. The molecule has 5 nitrogen and oxygen atoms in total. The maximum absolute atomic E-state index is 11.7. The highest BCUT2D eigenvalue weighted by Crippen LogP contribution is 2.29. The molecule has 2 N–H and O–H groups in total. The molecule has 0 radical (unpaired) electrons. The monoisotopic (exact) mass is 395 g/mol. The van der Waals surface area contributed by atoms with Crippen LogP contribution in [0.5, 0.6) is 0 Å². The number of hydrogen-bond donors (Lipinski definition) is 2. The summed E-state index contributed by atoms with van der Waals surface area (Å²) in [5, 5.41) is 10.2. The van der Waals surface area contributed by atoms with Crippen molar-refractivity contribution in [3.63, 3.8) is 0 Å². The second-order valence-corrected chi connectivity index (χ2v) is 7.51. The van der Waals surface area contributed by atoms with Gasteiger partial charge in [-0.2, -0.15) is 0 Å². The lowest BCUT2D eigenvalue weighted by molar-refractivity contribution is 0.0692. The minimum atomic E-state index is -1.04. The van der Waals surface area contributed by atoms with Crippen molar-refractivity contribution in [3.8, 4) is 22.6 Å². The van der Waals surface area contributed by atoms with Gasteiger partial charge in [0.25, 0.3) is 0 Å². The molecule has 0 amide bonds. The number of imidazole rings is 1. The number of nitrogens with zero attached hydrogens (tertiary/aromatic N) is 2. The second kappa shape index (κ2) is 8.07. The van der Waals surface area contributed by atoms with Crippen molar-refractivity contribution in [3.05, 3.63) is 59.2 Å². The van der Waals surface area contributed by atoms with E-state index < -0.39 is 5.97 Å². The smallest absolute Gasteiger partial charge is 0.354 e. The molecule has 0 spiro atoms. The zero-order valence-electron chi connectivity index (χ0n) is 15.5. The van der Waals surface area contributed by atoms with Crippen molar-refractivity contribution in [2.75, 3.05) is 18.0 Å². The van der Waals surface area contributed by atoms with Gasteiger partial charge in [0.1, 0.15) is 11.5 Å². The first-order chi connectivity index (χ1) is 13.6. The van der Waals surface area contributed by atoms with Crippen LogP contribution in [0, 0.1) is 0 Å². The number of carbonyl (C=O) groups is 1. The number of benzene rings is 2. The first kappa shape index (κ1) is 18.6. The average molecular weight is 396 g/mol. The lowest BCUT2D eigenvalue weighted by atomic mass is 10.1. The first-order valence-corrected chi connectivity index (χ1v) is 9.94.